The summed E-state index contributed by atoms with van der Waals surface area (Å²) in [4.78, 5) is 1.44. The molecule has 280 valence electrons. The first kappa shape index (κ1) is 35.0. The van der Waals surface area contributed by atoms with Gasteiger partial charge < -0.3 is 11.1 Å². The lowest BCUT2D eigenvalue weighted by molar-refractivity contribution is 0.177. The van der Waals surface area contributed by atoms with Crippen molar-refractivity contribution in [2.75, 3.05) is 0 Å². The van der Waals surface area contributed by atoms with Gasteiger partial charge in [-0.1, -0.05) is 136 Å². The Morgan fingerprint density at radius 1 is 0.868 bits per heavy atom. The molecular formula is C50H64N2S. The van der Waals surface area contributed by atoms with Crippen LogP contribution in [0.3, 0.4) is 0 Å². The molecule has 10 unspecified atom stereocenters. The van der Waals surface area contributed by atoms with E-state index in [0.29, 0.717) is 64.2 Å². The van der Waals surface area contributed by atoms with E-state index in [4.69, 9.17) is 5.73 Å². The summed E-state index contributed by atoms with van der Waals surface area (Å²) >= 11 is 2.07. The number of nitrogens with one attached hydrogen (secondary N) is 1. The maximum atomic E-state index is 7.11. The van der Waals surface area contributed by atoms with E-state index >= 15 is 0 Å². The van der Waals surface area contributed by atoms with Crippen molar-refractivity contribution in [3.05, 3.63) is 117 Å². The third-order valence-corrected chi connectivity index (χ3v) is 18.1. The highest BCUT2D eigenvalue weighted by atomic mass is 32.2. The molecule has 3 heteroatoms. The molecule has 0 aromatic carbocycles. The lowest BCUT2D eigenvalue weighted by Gasteiger charge is -2.42. The van der Waals surface area contributed by atoms with E-state index in [9.17, 15) is 0 Å². The average Bonchev–Trinajstić information content (AvgIpc) is 3.78. The van der Waals surface area contributed by atoms with Crippen molar-refractivity contribution in [3.8, 4) is 0 Å². The third-order valence-electron chi connectivity index (χ3n) is 16.6. The summed E-state index contributed by atoms with van der Waals surface area (Å²) in [5, 5.41) is 4.93. The van der Waals surface area contributed by atoms with Crippen LogP contribution in [0.5, 0.6) is 0 Å². The number of rotatable bonds is 5. The Hall–Kier alpha value is -2.49. The van der Waals surface area contributed by atoms with E-state index in [1.54, 1.807) is 22.3 Å². The van der Waals surface area contributed by atoms with Gasteiger partial charge in [0.25, 0.3) is 0 Å². The van der Waals surface area contributed by atoms with E-state index in [1.807, 2.05) is 5.57 Å². The zero-order valence-corrected chi connectivity index (χ0v) is 33.6. The number of hydrogen-bond donors (Lipinski definition) is 2. The van der Waals surface area contributed by atoms with Crippen LogP contribution in [0.15, 0.2) is 117 Å². The fraction of sp³-hybridized carbons (Fsp3) is 0.600. The molecule has 10 atom stereocenters. The van der Waals surface area contributed by atoms with E-state index in [1.165, 1.54) is 93.9 Å². The van der Waals surface area contributed by atoms with E-state index in [-0.39, 0.29) is 5.41 Å². The van der Waals surface area contributed by atoms with Crippen molar-refractivity contribution in [1.29, 1.82) is 0 Å². The molecule has 1 heterocycles. The molecule has 1 aliphatic heterocycles. The number of thioether (sulfide) groups is 1. The second kappa shape index (κ2) is 13.6. The molecule has 0 radical (unpaired) electrons. The molecule has 2 saturated carbocycles. The van der Waals surface area contributed by atoms with Gasteiger partial charge in [0.1, 0.15) is 0 Å². The van der Waals surface area contributed by atoms with E-state index in [0.717, 1.165) is 18.5 Å². The minimum Gasteiger partial charge on any atom is -0.398 e. The van der Waals surface area contributed by atoms with Crippen molar-refractivity contribution in [3.63, 3.8) is 0 Å². The van der Waals surface area contributed by atoms with Gasteiger partial charge in [-0.15, -0.1) is 11.8 Å². The number of hydrogen-bond acceptors (Lipinski definition) is 3. The molecule has 2 nitrogen and oxygen atoms in total. The molecule has 10 aliphatic rings. The molecule has 0 amide bonds. The second-order valence-corrected chi connectivity index (χ2v) is 20.5. The van der Waals surface area contributed by atoms with Gasteiger partial charge in [-0.2, -0.15) is 0 Å². The molecular weight excluding hydrogens is 661 g/mol. The molecule has 53 heavy (non-hydrogen) atoms. The summed E-state index contributed by atoms with van der Waals surface area (Å²) in [5.74, 6) is 4.38. The normalized spacial score (nSPS) is 40.4. The first-order valence-corrected chi connectivity index (χ1v) is 22.9. The maximum absolute atomic E-state index is 7.11. The number of nitrogens with two attached hydrogens (primary N) is 1. The summed E-state index contributed by atoms with van der Waals surface area (Å²) in [7, 11) is 0. The zero-order chi connectivity index (χ0) is 35.9. The number of allylic oxidation sites excluding steroid dienone is 17. The van der Waals surface area contributed by atoms with Crippen LogP contribution in [0.1, 0.15) is 117 Å². The van der Waals surface area contributed by atoms with Crippen LogP contribution in [0.4, 0.5) is 0 Å². The standard InChI is InChI=1S/C50H64N2S/c1-31(52-47-37-21-11-13-23-43(37)53-48(47)46(51)32-16-6-4-7-17-32)34-18-8-9-19-35(34)33-24-25-39-38(30-33)45-41(49(39,2)3)26-27-42-44(45)36-20-10-12-22-40(36)50(42)28-14-5-15-29-50/h4,6,10,12-13,16,20,22-23,26-27,30-31,34-37,40-41,43,45,47,52H,5,7-9,11,14-15,17-19,21,24-25,28-29,51H2,1-3H3/b48-46+. The van der Waals surface area contributed by atoms with Crippen LogP contribution in [-0.2, 0) is 0 Å². The van der Waals surface area contributed by atoms with Crippen LogP contribution in [0.2, 0.25) is 0 Å². The topological polar surface area (TPSA) is 38.0 Å². The van der Waals surface area contributed by atoms with Crippen molar-refractivity contribution in [1.82, 2.24) is 5.32 Å². The van der Waals surface area contributed by atoms with Gasteiger partial charge in [0.05, 0.1) is 0 Å². The minimum atomic E-state index is 0.223. The Kier molecular flexibility index (Phi) is 8.98. The van der Waals surface area contributed by atoms with Crippen LogP contribution in [-0.4, -0.2) is 17.3 Å². The Morgan fingerprint density at radius 2 is 1.72 bits per heavy atom. The Morgan fingerprint density at radius 3 is 2.57 bits per heavy atom. The molecule has 1 saturated heterocycles. The van der Waals surface area contributed by atoms with Crippen LogP contribution < -0.4 is 11.1 Å². The van der Waals surface area contributed by atoms with Gasteiger partial charge in [-0.05, 0) is 123 Å². The van der Waals surface area contributed by atoms with Gasteiger partial charge in [-0.25, -0.2) is 0 Å². The zero-order valence-electron chi connectivity index (χ0n) is 32.8. The summed E-state index contributed by atoms with van der Waals surface area (Å²) in [6, 6.07) is 0.834. The third kappa shape index (κ3) is 5.50. The fourth-order valence-corrected chi connectivity index (χ4v) is 15.6. The van der Waals surface area contributed by atoms with Crippen molar-refractivity contribution < 1.29 is 0 Å². The van der Waals surface area contributed by atoms with E-state index in [2.05, 4.69) is 111 Å². The van der Waals surface area contributed by atoms with Gasteiger partial charge in [0, 0.05) is 45.2 Å². The molecule has 0 aromatic heterocycles. The summed E-state index contributed by atoms with van der Waals surface area (Å²) in [6.45, 7) is 7.74. The van der Waals surface area contributed by atoms with Crippen LogP contribution >= 0.6 is 11.8 Å². The smallest absolute Gasteiger partial charge is 0.0459 e. The predicted molar refractivity (Wildman–Crippen MR) is 225 cm³/mol. The summed E-state index contributed by atoms with van der Waals surface area (Å²) < 4.78 is 0. The largest absolute Gasteiger partial charge is 0.398 e. The molecule has 0 bridgehead atoms. The van der Waals surface area contributed by atoms with Gasteiger partial charge in [0.15, 0.2) is 0 Å². The average molecular weight is 725 g/mol. The second-order valence-electron chi connectivity index (χ2n) is 19.3. The highest BCUT2D eigenvalue weighted by Gasteiger charge is 2.59. The summed E-state index contributed by atoms with van der Waals surface area (Å²) in [6.07, 6.45) is 49.5. The fourth-order valence-electron chi connectivity index (χ4n) is 14.0. The number of fused-ring (bicyclic) bond motifs is 8. The molecule has 3 N–H and O–H groups in total. The van der Waals surface area contributed by atoms with Crippen molar-refractivity contribution in [2.24, 2.45) is 58.0 Å². The molecule has 0 aromatic rings. The Balaban J connectivity index is 0.975. The van der Waals surface area contributed by atoms with E-state index < -0.39 is 0 Å². The molecule has 10 rings (SSSR count). The highest BCUT2D eigenvalue weighted by Crippen LogP contribution is 2.68. The molecule has 9 aliphatic carbocycles. The van der Waals surface area contributed by atoms with Crippen LogP contribution in [0, 0.1) is 52.3 Å². The van der Waals surface area contributed by atoms with Gasteiger partial charge in [-0.3, -0.25) is 0 Å². The first-order chi connectivity index (χ1) is 25.9. The predicted octanol–water partition coefficient (Wildman–Crippen LogP) is 12.1. The lowest BCUT2D eigenvalue weighted by atomic mass is 9.62. The van der Waals surface area contributed by atoms with Gasteiger partial charge >= 0.3 is 0 Å². The first-order valence-electron chi connectivity index (χ1n) is 22.0. The quantitative estimate of drug-likeness (QED) is 0.277. The maximum Gasteiger partial charge on any atom is 0.0459 e. The van der Waals surface area contributed by atoms with Gasteiger partial charge in [0.2, 0.25) is 0 Å². The SMILES string of the molecule is CC(NC1/C(=C(\N)C2=CC=CCC2)SC2C=CCCC21)C1CCCCC1C1=CC2=C(CC1)C(C)(C)C1C=CC3=C(C4C=CC=CC4C34CCCCC4)C21. The molecule has 3 fully saturated rings. The lowest BCUT2D eigenvalue weighted by Crippen LogP contribution is -2.48. The Labute approximate surface area is 325 Å². The Bertz CT molecular complexity index is 1830. The van der Waals surface area contributed by atoms with Crippen molar-refractivity contribution >= 4 is 11.8 Å². The summed E-state index contributed by atoms with van der Waals surface area (Å²) in [5.41, 5.74) is 19.1. The molecule has 1 spiro atoms. The van der Waals surface area contributed by atoms with Crippen LogP contribution in [0.25, 0.3) is 0 Å². The van der Waals surface area contributed by atoms with Crippen molar-refractivity contribution in [2.45, 2.75) is 134 Å². The monoisotopic (exact) mass is 724 g/mol. The minimum absolute atomic E-state index is 0.223. The highest BCUT2D eigenvalue weighted by molar-refractivity contribution is 8.04.